The zero-order chi connectivity index (χ0) is 16.2. The first-order valence-corrected chi connectivity index (χ1v) is 7.95. The van der Waals surface area contributed by atoms with E-state index in [0.29, 0.717) is 13.1 Å². The van der Waals surface area contributed by atoms with Crippen LogP contribution < -0.4 is 5.56 Å². The fourth-order valence-corrected chi connectivity index (χ4v) is 2.84. The van der Waals surface area contributed by atoms with E-state index < -0.39 is 0 Å². The van der Waals surface area contributed by atoms with E-state index in [0.717, 1.165) is 24.7 Å². The fourth-order valence-electron chi connectivity index (χ4n) is 2.72. The highest BCUT2D eigenvalue weighted by atomic mass is 35.5. The van der Waals surface area contributed by atoms with Gasteiger partial charge in [-0.05, 0) is 29.8 Å². The predicted molar refractivity (Wildman–Crippen MR) is 89.7 cm³/mol. The lowest BCUT2D eigenvalue weighted by Crippen LogP contribution is -2.49. The van der Waals surface area contributed by atoms with Crippen molar-refractivity contribution in [2.24, 2.45) is 0 Å². The number of hydrogen-bond donors (Lipinski definition) is 1. The number of amides is 1. The molecule has 1 aromatic carbocycles. The Labute approximate surface area is 139 Å². The van der Waals surface area contributed by atoms with Gasteiger partial charge in [-0.15, -0.1) is 0 Å². The summed E-state index contributed by atoms with van der Waals surface area (Å²) < 4.78 is 0. The number of aromatic nitrogens is 1. The van der Waals surface area contributed by atoms with E-state index in [2.05, 4.69) is 9.88 Å². The maximum absolute atomic E-state index is 12.4. The van der Waals surface area contributed by atoms with Crippen molar-refractivity contribution in [2.75, 3.05) is 26.2 Å². The van der Waals surface area contributed by atoms with E-state index in [9.17, 15) is 9.59 Å². The first-order valence-electron chi connectivity index (χ1n) is 7.57. The maximum Gasteiger partial charge on any atom is 0.260 e. The summed E-state index contributed by atoms with van der Waals surface area (Å²) in [6.45, 7) is 3.67. The number of nitrogens with zero attached hydrogens (tertiary/aromatic N) is 2. The summed E-state index contributed by atoms with van der Waals surface area (Å²) >= 11 is 5.89. The summed E-state index contributed by atoms with van der Waals surface area (Å²) in [7, 11) is 0. The predicted octanol–water partition coefficient (Wildman–Crippen LogP) is 1.99. The zero-order valence-corrected chi connectivity index (χ0v) is 13.4. The molecule has 1 N–H and O–H groups in total. The lowest BCUT2D eigenvalue weighted by molar-refractivity contribution is 0.0626. The van der Waals surface area contributed by atoms with Gasteiger partial charge in [0, 0.05) is 43.9 Å². The van der Waals surface area contributed by atoms with Crippen LogP contribution in [0.4, 0.5) is 0 Å². The normalized spacial score (nSPS) is 15.6. The van der Waals surface area contributed by atoms with Crippen LogP contribution in [0.5, 0.6) is 0 Å². The van der Waals surface area contributed by atoms with Gasteiger partial charge in [-0.1, -0.05) is 23.7 Å². The minimum Gasteiger partial charge on any atom is -0.336 e. The molecule has 1 aliphatic heterocycles. The topological polar surface area (TPSA) is 56.4 Å². The molecule has 1 fully saturated rings. The first-order chi connectivity index (χ1) is 11.1. The van der Waals surface area contributed by atoms with Crippen molar-refractivity contribution in [2.45, 2.75) is 6.54 Å². The number of halogens is 1. The van der Waals surface area contributed by atoms with E-state index >= 15 is 0 Å². The molecular formula is C17H18ClN3O2. The van der Waals surface area contributed by atoms with Crippen LogP contribution in [-0.4, -0.2) is 46.9 Å². The van der Waals surface area contributed by atoms with Crippen molar-refractivity contribution in [3.8, 4) is 0 Å². The van der Waals surface area contributed by atoms with Crippen LogP contribution >= 0.6 is 11.6 Å². The molecule has 23 heavy (non-hydrogen) atoms. The number of benzene rings is 1. The van der Waals surface area contributed by atoms with Gasteiger partial charge in [0.05, 0.1) is 0 Å². The molecule has 1 amide bonds. The average Bonchev–Trinajstić information content (AvgIpc) is 2.57. The van der Waals surface area contributed by atoms with Crippen LogP contribution in [0.1, 0.15) is 15.9 Å². The molecule has 6 heteroatoms. The molecule has 0 unspecified atom stereocenters. The Morgan fingerprint density at radius 1 is 1.09 bits per heavy atom. The average molecular weight is 332 g/mol. The number of hydrogen-bond acceptors (Lipinski definition) is 3. The van der Waals surface area contributed by atoms with E-state index in [1.165, 1.54) is 11.8 Å². The Hall–Kier alpha value is -2.11. The Balaban J connectivity index is 1.58. The molecule has 0 bridgehead atoms. The highest BCUT2D eigenvalue weighted by molar-refractivity contribution is 6.30. The molecule has 2 aromatic rings. The quantitative estimate of drug-likeness (QED) is 0.935. The lowest BCUT2D eigenvalue weighted by Gasteiger charge is -2.34. The van der Waals surface area contributed by atoms with Gasteiger partial charge in [0.1, 0.15) is 5.56 Å². The van der Waals surface area contributed by atoms with Crippen molar-refractivity contribution in [3.05, 3.63) is 69.1 Å². The van der Waals surface area contributed by atoms with Crippen LogP contribution in [0.2, 0.25) is 5.02 Å². The van der Waals surface area contributed by atoms with E-state index in [-0.39, 0.29) is 17.0 Å². The second-order valence-electron chi connectivity index (χ2n) is 5.61. The third-order valence-electron chi connectivity index (χ3n) is 4.03. The van der Waals surface area contributed by atoms with Gasteiger partial charge in [-0.25, -0.2) is 0 Å². The second-order valence-corrected chi connectivity index (χ2v) is 6.04. The number of H-pyrrole nitrogens is 1. The van der Waals surface area contributed by atoms with Crippen LogP contribution in [0.15, 0.2) is 47.4 Å². The molecule has 0 spiro atoms. The Morgan fingerprint density at radius 2 is 1.78 bits per heavy atom. The number of rotatable bonds is 3. The second kappa shape index (κ2) is 6.98. The van der Waals surface area contributed by atoms with Gasteiger partial charge in [-0.3, -0.25) is 14.5 Å². The fraction of sp³-hybridized carbons (Fsp3) is 0.294. The first kappa shape index (κ1) is 15.8. The highest BCUT2D eigenvalue weighted by Crippen LogP contribution is 2.13. The van der Waals surface area contributed by atoms with Gasteiger partial charge in [0.2, 0.25) is 0 Å². The number of nitrogens with one attached hydrogen (secondary N) is 1. The smallest absolute Gasteiger partial charge is 0.260 e. The molecule has 1 saturated heterocycles. The Kier molecular flexibility index (Phi) is 4.79. The molecule has 0 saturated carbocycles. The molecule has 5 nitrogen and oxygen atoms in total. The summed E-state index contributed by atoms with van der Waals surface area (Å²) in [5.74, 6) is -0.196. The minimum atomic E-state index is -0.332. The monoisotopic (exact) mass is 331 g/mol. The van der Waals surface area contributed by atoms with Crippen molar-refractivity contribution in [1.82, 2.24) is 14.8 Å². The molecule has 120 valence electrons. The molecular weight excluding hydrogens is 314 g/mol. The summed E-state index contributed by atoms with van der Waals surface area (Å²) in [4.78, 5) is 30.7. The molecule has 3 rings (SSSR count). The Morgan fingerprint density at radius 3 is 2.43 bits per heavy atom. The number of carbonyl (C=O) groups excluding carboxylic acids is 1. The van der Waals surface area contributed by atoms with Crippen LogP contribution in [-0.2, 0) is 6.54 Å². The van der Waals surface area contributed by atoms with Gasteiger partial charge in [-0.2, -0.15) is 0 Å². The lowest BCUT2D eigenvalue weighted by atomic mass is 10.2. The van der Waals surface area contributed by atoms with Crippen molar-refractivity contribution < 1.29 is 4.79 Å². The largest absolute Gasteiger partial charge is 0.336 e. The molecule has 0 radical (unpaired) electrons. The SMILES string of the molecule is O=C(c1ccc[nH]c1=O)N1CCN(Cc2ccc(Cl)cc2)CC1. The van der Waals surface area contributed by atoms with Crippen molar-refractivity contribution >= 4 is 17.5 Å². The molecule has 0 atom stereocenters. The molecule has 0 aliphatic carbocycles. The summed E-state index contributed by atoms with van der Waals surface area (Å²) in [6, 6.07) is 11.1. The summed E-state index contributed by atoms with van der Waals surface area (Å²) in [5, 5.41) is 0.734. The number of piperazine rings is 1. The third kappa shape index (κ3) is 3.81. The van der Waals surface area contributed by atoms with Gasteiger partial charge in [0.25, 0.3) is 11.5 Å². The summed E-state index contributed by atoms with van der Waals surface area (Å²) in [6.07, 6.45) is 1.53. The molecule has 2 heterocycles. The van der Waals surface area contributed by atoms with Crippen molar-refractivity contribution in [1.29, 1.82) is 0 Å². The van der Waals surface area contributed by atoms with E-state index in [4.69, 9.17) is 11.6 Å². The highest BCUT2D eigenvalue weighted by Gasteiger charge is 2.23. The third-order valence-corrected chi connectivity index (χ3v) is 4.28. The molecule has 1 aliphatic rings. The van der Waals surface area contributed by atoms with E-state index in [1.807, 2.05) is 24.3 Å². The minimum absolute atomic E-state index is 0.196. The van der Waals surface area contributed by atoms with E-state index in [1.54, 1.807) is 17.0 Å². The van der Waals surface area contributed by atoms with Crippen LogP contribution in [0.25, 0.3) is 0 Å². The zero-order valence-electron chi connectivity index (χ0n) is 12.7. The number of aromatic amines is 1. The van der Waals surface area contributed by atoms with Gasteiger partial charge < -0.3 is 9.88 Å². The maximum atomic E-state index is 12.4. The van der Waals surface area contributed by atoms with Crippen molar-refractivity contribution in [3.63, 3.8) is 0 Å². The van der Waals surface area contributed by atoms with Crippen LogP contribution in [0.3, 0.4) is 0 Å². The van der Waals surface area contributed by atoms with Crippen LogP contribution in [0, 0.1) is 0 Å². The Bertz CT molecular complexity index is 734. The standard InChI is InChI=1S/C17H18ClN3O2/c18-14-5-3-13(4-6-14)12-20-8-10-21(11-9-20)17(23)15-2-1-7-19-16(15)22/h1-7H,8-12H2,(H,19,22). The number of pyridine rings is 1. The van der Waals surface area contributed by atoms with Gasteiger partial charge in [0.15, 0.2) is 0 Å². The summed E-state index contributed by atoms with van der Waals surface area (Å²) in [5.41, 5.74) is 1.08. The number of carbonyl (C=O) groups is 1. The van der Waals surface area contributed by atoms with Gasteiger partial charge >= 0.3 is 0 Å². The molecule has 1 aromatic heterocycles.